The van der Waals surface area contributed by atoms with E-state index in [-0.39, 0.29) is 0 Å². The number of hydrogen-bond donors (Lipinski definition) is 0. The fraction of sp³-hybridized carbons (Fsp3) is 0.500. The maximum Gasteiger partial charge on any atom is 0.343 e. The van der Waals surface area contributed by atoms with Crippen molar-refractivity contribution in [2.24, 2.45) is 0 Å². The van der Waals surface area contributed by atoms with Crippen molar-refractivity contribution in [3.8, 4) is 0 Å². The normalized spacial score (nSPS) is 11.4. The van der Waals surface area contributed by atoms with Crippen molar-refractivity contribution >= 4 is 7.80 Å². The Morgan fingerprint density at radius 1 is 1.14 bits per heavy atom. The largest absolute Gasteiger partial charge is 0.343 e. The topological polar surface area (TPSA) is 17.1 Å². The molecule has 0 aliphatic carbocycles. The Labute approximate surface area is 87.3 Å². The van der Waals surface area contributed by atoms with Crippen LogP contribution in [-0.4, -0.2) is 6.16 Å². The van der Waals surface area contributed by atoms with E-state index in [9.17, 15) is 4.57 Å². The molecule has 1 rings (SSSR count). The van der Waals surface area contributed by atoms with Crippen molar-refractivity contribution < 1.29 is 4.57 Å². The summed E-state index contributed by atoms with van der Waals surface area (Å²) >= 11 is 0. The van der Waals surface area contributed by atoms with Crippen molar-refractivity contribution in [3.05, 3.63) is 35.9 Å². The van der Waals surface area contributed by atoms with E-state index in [4.69, 9.17) is 0 Å². The summed E-state index contributed by atoms with van der Waals surface area (Å²) < 4.78 is 11.6. The molecule has 0 amide bonds. The van der Waals surface area contributed by atoms with Gasteiger partial charge in [-0.25, -0.2) is 0 Å². The second-order valence-corrected chi connectivity index (χ2v) is 5.28. The van der Waals surface area contributed by atoms with Gasteiger partial charge in [0, 0.05) is 0 Å². The van der Waals surface area contributed by atoms with Crippen molar-refractivity contribution in [1.29, 1.82) is 0 Å². The highest BCUT2D eigenvalue weighted by molar-refractivity contribution is 7.43. The molecular weight excluding hydrogens is 191 g/mol. The maximum absolute atomic E-state index is 11.6. The van der Waals surface area contributed by atoms with Gasteiger partial charge in [0.25, 0.3) is 0 Å². The highest BCUT2D eigenvalue weighted by atomic mass is 31.1. The van der Waals surface area contributed by atoms with E-state index in [1.165, 1.54) is 18.4 Å². The van der Waals surface area contributed by atoms with Crippen LogP contribution in [0.25, 0.3) is 0 Å². The molecule has 76 valence electrons. The molecule has 0 aliphatic rings. The molecule has 1 unspecified atom stereocenters. The molecule has 1 nitrogen and oxygen atoms in total. The molecule has 14 heavy (non-hydrogen) atoms. The number of unbranched alkanes of at least 4 members (excludes halogenated alkanes) is 2. The number of benzene rings is 1. The van der Waals surface area contributed by atoms with E-state index in [0.717, 1.165) is 18.7 Å². The third-order valence-corrected chi connectivity index (χ3v) is 3.75. The molecule has 1 aromatic carbocycles. The molecule has 0 saturated carbocycles. The first-order chi connectivity index (χ1) is 6.83. The van der Waals surface area contributed by atoms with Crippen molar-refractivity contribution in [1.82, 2.24) is 0 Å². The second-order valence-electron chi connectivity index (χ2n) is 3.56. The Kier molecular flexibility index (Phi) is 5.47. The molecule has 0 saturated heterocycles. The predicted octanol–water partition coefficient (Wildman–Crippen LogP) is 4.20. The molecule has 0 radical (unpaired) electrons. The molecule has 1 aromatic rings. The van der Waals surface area contributed by atoms with E-state index in [2.05, 4.69) is 6.92 Å². The second kappa shape index (κ2) is 6.73. The van der Waals surface area contributed by atoms with Gasteiger partial charge in [-0.2, -0.15) is 0 Å². The molecule has 0 aliphatic heterocycles. The molecular formula is C12H18OP+. The first kappa shape index (κ1) is 11.4. The zero-order valence-corrected chi connectivity index (χ0v) is 9.67. The van der Waals surface area contributed by atoms with Crippen molar-refractivity contribution in [2.75, 3.05) is 6.16 Å². The molecule has 0 aromatic heterocycles. The zero-order chi connectivity index (χ0) is 10.2. The van der Waals surface area contributed by atoms with Gasteiger partial charge in [0.15, 0.2) is 6.16 Å². The third kappa shape index (κ3) is 4.53. The van der Waals surface area contributed by atoms with Gasteiger partial charge in [-0.1, -0.05) is 48.2 Å². The van der Waals surface area contributed by atoms with Crippen LogP contribution in [0.4, 0.5) is 0 Å². The lowest BCUT2D eigenvalue weighted by Crippen LogP contribution is -1.83. The van der Waals surface area contributed by atoms with E-state index >= 15 is 0 Å². The minimum Gasteiger partial charge on any atom is -0.0744 e. The van der Waals surface area contributed by atoms with Crippen LogP contribution in [0.1, 0.15) is 31.7 Å². The van der Waals surface area contributed by atoms with E-state index in [1.54, 1.807) is 0 Å². The van der Waals surface area contributed by atoms with Crippen LogP contribution in [0.3, 0.4) is 0 Å². The lowest BCUT2D eigenvalue weighted by atomic mass is 10.2. The van der Waals surface area contributed by atoms with Crippen molar-refractivity contribution in [3.63, 3.8) is 0 Å². The standard InChI is InChI=1S/C12H18OP/c1-2-3-7-10-14(13)11-12-8-5-4-6-9-12/h4-6,8-9H,2-3,7,10-11H2,1H3/q+1. The lowest BCUT2D eigenvalue weighted by Gasteiger charge is -1.92. The Morgan fingerprint density at radius 3 is 2.50 bits per heavy atom. The fourth-order valence-corrected chi connectivity index (χ4v) is 2.76. The average molecular weight is 209 g/mol. The van der Waals surface area contributed by atoms with Gasteiger partial charge < -0.3 is 0 Å². The molecule has 1 atom stereocenters. The Balaban J connectivity index is 2.27. The number of rotatable bonds is 6. The number of hydrogen-bond acceptors (Lipinski definition) is 1. The molecule has 0 N–H and O–H groups in total. The first-order valence-corrected chi connectivity index (χ1v) is 6.92. The highest BCUT2D eigenvalue weighted by Crippen LogP contribution is 2.27. The molecule has 0 heterocycles. The third-order valence-electron chi connectivity index (χ3n) is 2.21. The predicted molar refractivity (Wildman–Crippen MR) is 62.1 cm³/mol. The highest BCUT2D eigenvalue weighted by Gasteiger charge is 2.14. The molecule has 0 bridgehead atoms. The summed E-state index contributed by atoms with van der Waals surface area (Å²) in [5.74, 6) is 0. The summed E-state index contributed by atoms with van der Waals surface area (Å²) in [6.07, 6.45) is 5.15. The minimum absolute atomic E-state index is 0.750. The zero-order valence-electron chi connectivity index (χ0n) is 8.78. The average Bonchev–Trinajstić information content (AvgIpc) is 2.20. The van der Waals surface area contributed by atoms with Crippen LogP contribution in [0.15, 0.2) is 30.3 Å². The van der Waals surface area contributed by atoms with Gasteiger partial charge in [0.2, 0.25) is 0 Å². The lowest BCUT2D eigenvalue weighted by molar-refractivity contribution is 0.584. The maximum atomic E-state index is 11.6. The molecule has 0 fully saturated rings. The van der Waals surface area contributed by atoms with E-state index < -0.39 is 7.80 Å². The first-order valence-electron chi connectivity index (χ1n) is 5.29. The summed E-state index contributed by atoms with van der Waals surface area (Å²) in [5, 5.41) is 0. The van der Waals surface area contributed by atoms with Gasteiger partial charge in [-0.15, -0.1) is 0 Å². The smallest absolute Gasteiger partial charge is 0.0744 e. The summed E-state index contributed by atoms with van der Waals surface area (Å²) in [7, 11) is -1.02. The monoisotopic (exact) mass is 209 g/mol. The van der Waals surface area contributed by atoms with Gasteiger partial charge in [-0.3, -0.25) is 0 Å². The van der Waals surface area contributed by atoms with Gasteiger partial charge in [-0.05, 0) is 18.4 Å². The minimum atomic E-state index is -1.02. The summed E-state index contributed by atoms with van der Waals surface area (Å²) in [4.78, 5) is 0. The fourth-order valence-electron chi connectivity index (χ4n) is 1.40. The van der Waals surface area contributed by atoms with Crippen molar-refractivity contribution in [2.45, 2.75) is 32.3 Å². The van der Waals surface area contributed by atoms with Crippen LogP contribution in [0.5, 0.6) is 0 Å². The van der Waals surface area contributed by atoms with Crippen LogP contribution in [0.2, 0.25) is 0 Å². The Morgan fingerprint density at radius 2 is 1.86 bits per heavy atom. The SMILES string of the molecule is CCCCC[P+](=O)Cc1ccccc1. The van der Waals surface area contributed by atoms with E-state index in [1.807, 2.05) is 30.3 Å². The quantitative estimate of drug-likeness (QED) is 0.506. The summed E-state index contributed by atoms with van der Waals surface area (Å²) in [6.45, 7) is 2.17. The molecule has 0 spiro atoms. The van der Waals surface area contributed by atoms with Crippen LogP contribution in [-0.2, 0) is 10.7 Å². The van der Waals surface area contributed by atoms with Crippen LogP contribution in [0, 0.1) is 0 Å². The van der Waals surface area contributed by atoms with Gasteiger partial charge >= 0.3 is 7.80 Å². The van der Waals surface area contributed by atoms with Crippen LogP contribution >= 0.6 is 7.80 Å². The Hall–Kier alpha value is -0.680. The van der Waals surface area contributed by atoms with Crippen LogP contribution < -0.4 is 0 Å². The summed E-state index contributed by atoms with van der Waals surface area (Å²) in [5.41, 5.74) is 1.20. The Bertz CT molecular complexity index is 269. The van der Waals surface area contributed by atoms with Gasteiger partial charge in [0.1, 0.15) is 6.16 Å². The van der Waals surface area contributed by atoms with Gasteiger partial charge in [0.05, 0.1) is 0 Å². The molecule has 2 heteroatoms. The van der Waals surface area contributed by atoms with E-state index in [0.29, 0.717) is 0 Å². The summed E-state index contributed by atoms with van der Waals surface area (Å²) in [6, 6.07) is 10.1.